The second-order valence-electron chi connectivity index (χ2n) is 6.20. The molecule has 1 aromatic heterocycles. The Labute approximate surface area is 129 Å². The molecule has 1 aliphatic heterocycles. The van der Waals surface area contributed by atoms with E-state index in [0.717, 1.165) is 29.8 Å². The number of hydrogen-bond acceptors (Lipinski definition) is 3. The highest BCUT2D eigenvalue weighted by atomic mass is 32.1. The van der Waals surface area contributed by atoms with Gasteiger partial charge in [0.2, 0.25) is 0 Å². The van der Waals surface area contributed by atoms with Crippen molar-refractivity contribution in [2.24, 2.45) is 0 Å². The number of nitrogens with zero attached hydrogens (tertiary/aromatic N) is 1. The van der Waals surface area contributed by atoms with Crippen LogP contribution in [0.3, 0.4) is 0 Å². The smallest absolute Gasteiger partial charge is 0.264 e. The summed E-state index contributed by atoms with van der Waals surface area (Å²) in [6.07, 6.45) is 2.29. The van der Waals surface area contributed by atoms with Crippen LogP contribution in [0, 0.1) is 6.92 Å². The molecule has 1 fully saturated rings. The van der Waals surface area contributed by atoms with Crippen LogP contribution in [0.25, 0.3) is 10.1 Å². The molecule has 0 radical (unpaired) electrons. The van der Waals surface area contributed by atoms with Crippen LogP contribution in [0.15, 0.2) is 24.3 Å². The number of hydrogen-bond donors (Lipinski definition) is 1. The average molecular weight is 303 g/mol. The second-order valence-corrected chi connectivity index (χ2v) is 7.25. The number of carbonyl (C=O) groups excluding carboxylic acids is 1. The molecule has 0 saturated carbocycles. The maximum Gasteiger partial charge on any atom is 0.264 e. The molecule has 1 atom stereocenters. The number of likely N-dealkylation sites (tertiary alicyclic amines) is 1. The Bertz CT molecular complexity index is 674. The molecule has 0 spiro atoms. The maximum absolute atomic E-state index is 12.8. The summed E-state index contributed by atoms with van der Waals surface area (Å²) in [6, 6.07) is 8.16. The first-order valence-corrected chi connectivity index (χ1v) is 8.29. The van der Waals surface area contributed by atoms with E-state index in [1.807, 2.05) is 30.9 Å². The summed E-state index contributed by atoms with van der Waals surface area (Å²) < 4.78 is 1.17. The Balaban J connectivity index is 1.88. The lowest BCUT2D eigenvalue weighted by molar-refractivity contribution is 0.0438. The summed E-state index contributed by atoms with van der Waals surface area (Å²) in [4.78, 5) is 15.6. The molecule has 1 amide bonds. The summed E-state index contributed by atoms with van der Waals surface area (Å²) in [5.74, 6) is 0.117. The fraction of sp³-hybridized carbons (Fsp3) is 0.471. The minimum absolute atomic E-state index is 0.117. The third-order valence-electron chi connectivity index (χ3n) is 4.39. The van der Waals surface area contributed by atoms with Gasteiger partial charge < -0.3 is 10.0 Å². The molecule has 0 aliphatic carbocycles. The first-order chi connectivity index (χ1) is 9.98. The van der Waals surface area contributed by atoms with Gasteiger partial charge in [-0.2, -0.15) is 0 Å². The molecule has 1 aliphatic rings. The Morgan fingerprint density at radius 1 is 1.29 bits per heavy atom. The third kappa shape index (κ3) is 2.83. The van der Waals surface area contributed by atoms with E-state index in [2.05, 4.69) is 12.1 Å². The van der Waals surface area contributed by atoms with Gasteiger partial charge in [0.05, 0.1) is 10.5 Å². The van der Waals surface area contributed by atoms with Crippen LogP contribution >= 0.6 is 11.3 Å². The van der Waals surface area contributed by atoms with E-state index in [-0.39, 0.29) is 5.91 Å². The largest absolute Gasteiger partial charge is 0.390 e. The SMILES string of the molecule is Cc1c(C(=O)N2CCCC(C)(O)CC2)sc2ccccc12. The molecular weight excluding hydrogens is 282 g/mol. The van der Waals surface area contributed by atoms with Crippen molar-refractivity contribution in [1.29, 1.82) is 0 Å². The van der Waals surface area contributed by atoms with E-state index in [1.165, 1.54) is 10.1 Å². The Kier molecular flexibility index (Phi) is 3.76. The summed E-state index contributed by atoms with van der Waals surface area (Å²) >= 11 is 1.58. The van der Waals surface area contributed by atoms with Crippen LogP contribution in [0.4, 0.5) is 0 Å². The molecular formula is C17H21NO2S. The zero-order valence-electron chi connectivity index (χ0n) is 12.6. The van der Waals surface area contributed by atoms with Gasteiger partial charge in [0.1, 0.15) is 0 Å². The van der Waals surface area contributed by atoms with Crippen molar-refractivity contribution in [3.05, 3.63) is 34.7 Å². The average Bonchev–Trinajstić information content (AvgIpc) is 2.67. The van der Waals surface area contributed by atoms with E-state index < -0.39 is 5.60 Å². The molecule has 3 rings (SSSR count). The molecule has 1 saturated heterocycles. The van der Waals surface area contributed by atoms with Gasteiger partial charge in [-0.1, -0.05) is 18.2 Å². The number of benzene rings is 1. The lowest BCUT2D eigenvalue weighted by atomic mass is 9.98. The lowest BCUT2D eigenvalue weighted by Gasteiger charge is -2.22. The number of aliphatic hydroxyl groups is 1. The Hall–Kier alpha value is -1.39. The zero-order chi connectivity index (χ0) is 15.0. The number of fused-ring (bicyclic) bond motifs is 1. The van der Waals surface area contributed by atoms with Crippen LogP contribution in [0.5, 0.6) is 0 Å². The molecule has 112 valence electrons. The van der Waals surface area contributed by atoms with Crippen molar-refractivity contribution in [1.82, 2.24) is 4.90 Å². The highest BCUT2D eigenvalue weighted by molar-refractivity contribution is 7.21. The summed E-state index contributed by atoms with van der Waals surface area (Å²) in [6.45, 7) is 5.27. The van der Waals surface area contributed by atoms with Gasteiger partial charge >= 0.3 is 0 Å². The van der Waals surface area contributed by atoms with Gasteiger partial charge in [-0.3, -0.25) is 4.79 Å². The van der Waals surface area contributed by atoms with Gasteiger partial charge in [-0.05, 0) is 50.1 Å². The van der Waals surface area contributed by atoms with Crippen molar-refractivity contribution in [2.75, 3.05) is 13.1 Å². The molecule has 1 N–H and O–H groups in total. The highest BCUT2D eigenvalue weighted by Crippen LogP contribution is 2.32. The predicted octanol–water partition coefficient (Wildman–Crippen LogP) is 3.59. The zero-order valence-corrected chi connectivity index (χ0v) is 13.4. The first-order valence-electron chi connectivity index (χ1n) is 7.48. The normalized spacial score (nSPS) is 23.3. The topological polar surface area (TPSA) is 40.5 Å². The van der Waals surface area contributed by atoms with Crippen molar-refractivity contribution >= 4 is 27.3 Å². The molecule has 4 heteroatoms. The molecule has 1 unspecified atom stereocenters. The minimum atomic E-state index is -0.635. The van der Waals surface area contributed by atoms with E-state index in [4.69, 9.17) is 0 Å². The number of aryl methyl sites for hydroxylation is 1. The standard InChI is InChI=1S/C17H21NO2S/c1-12-13-6-3-4-7-14(13)21-15(12)16(19)18-10-5-8-17(2,20)9-11-18/h3-4,6-7,20H,5,8-11H2,1-2H3. The highest BCUT2D eigenvalue weighted by Gasteiger charge is 2.28. The van der Waals surface area contributed by atoms with Crippen molar-refractivity contribution in [3.8, 4) is 0 Å². The van der Waals surface area contributed by atoms with Gasteiger partial charge in [0, 0.05) is 17.8 Å². The van der Waals surface area contributed by atoms with Crippen molar-refractivity contribution in [3.63, 3.8) is 0 Å². The fourth-order valence-corrected chi connectivity index (χ4v) is 4.17. The maximum atomic E-state index is 12.8. The van der Waals surface area contributed by atoms with E-state index in [1.54, 1.807) is 11.3 Å². The van der Waals surface area contributed by atoms with Gasteiger partial charge in [-0.15, -0.1) is 11.3 Å². The molecule has 3 nitrogen and oxygen atoms in total. The van der Waals surface area contributed by atoms with Gasteiger partial charge in [0.25, 0.3) is 5.91 Å². The third-order valence-corrected chi connectivity index (χ3v) is 5.65. The fourth-order valence-electron chi connectivity index (χ4n) is 2.99. The summed E-state index contributed by atoms with van der Waals surface area (Å²) in [5, 5.41) is 11.3. The van der Waals surface area contributed by atoms with Gasteiger partial charge in [-0.25, -0.2) is 0 Å². The van der Waals surface area contributed by atoms with Crippen molar-refractivity contribution in [2.45, 2.75) is 38.7 Å². The van der Waals surface area contributed by atoms with Crippen LogP contribution < -0.4 is 0 Å². The van der Waals surface area contributed by atoms with E-state index >= 15 is 0 Å². The first kappa shape index (κ1) is 14.5. The number of carbonyl (C=O) groups is 1. The quantitative estimate of drug-likeness (QED) is 0.874. The van der Waals surface area contributed by atoms with E-state index in [0.29, 0.717) is 13.0 Å². The van der Waals surface area contributed by atoms with Crippen LogP contribution in [0.2, 0.25) is 0 Å². The molecule has 0 bridgehead atoms. The van der Waals surface area contributed by atoms with Crippen LogP contribution in [0.1, 0.15) is 41.4 Å². The Morgan fingerprint density at radius 3 is 2.81 bits per heavy atom. The summed E-state index contributed by atoms with van der Waals surface area (Å²) in [5.41, 5.74) is 0.446. The second kappa shape index (κ2) is 5.43. The summed E-state index contributed by atoms with van der Waals surface area (Å²) in [7, 11) is 0. The van der Waals surface area contributed by atoms with E-state index in [9.17, 15) is 9.90 Å². The number of amides is 1. The molecule has 21 heavy (non-hydrogen) atoms. The van der Waals surface area contributed by atoms with Crippen LogP contribution in [-0.4, -0.2) is 34.6 Å². The lowest BCUT2D eigenvalue weighted by Crippen LogP contribution is -2.33. The van der Waals surface area contributed by atoms with Crippen LogP contribution in [-0.2, 0) is 0 Å². The van der Waals surface area contributed by atoms with Gasteiger partial charge in [0.15, 0.2) is 0 Å². The molecule has 1 aromatic carbocycles. The number of rotatable bonds is 1. The monoisotopic (exact) mass is 303 g/mol. The van der Waals surface area contributed by atoms with Crippen molar-refractivity contribution < 1.29 is 9.90 Å². The Morgan fingerprint density at radius 2 is 2.05 bits per heavy atom. The minimum Gasteiger partial charge on any atom is -0.390 e. The molecule has 2 heterocycles. The number of thiophene rings is 1. The molecule has 2 aromatic rings. The predicted molar refractivity (Wildman–Crippen MR) is 86.9 cm³/mol.